The first kappa shape index (κ1) is 8.31. The quantitative estimate of drug-likeness (QED) is 0.729. The van der Waals surface area contributed by atoms with Gasteiger partial charge < -0.3 is 15.2 Å². The predicted octanol–water partition coefficient (Wildman–Crippen LogP) is 0.750. The van der Waals surface area contributed by atoms with E-state index in [1.54, 1.807) is 12.1 Å². The van der Waals surface area contributed by atoms with Gasteiger partial charge in [-0.05, 0) is 13.0 Å². The van der Waals surface area contributed by atoms with E-state index in [9.17, 15) is 0 Å². The third kappa shape index (κ3) is 1.72. The van der Waals surface area contributed by atoms with E-state index in [-0.39, 0.29) is 6.10 Å². The molecule has 0 aliphatic carbocycles. The molecule has 0 radical (unpaired) electrons. The summed E-state index contributed by atoms with van der Waals surface area (Å²) in [6.45, 7) is 3.18. The second-order valence-corrected chi connectivity index (χ2v) is 3.10. The van der Waals surface area contributed by atoms with Crippen LogP contribution >= 0.6 is 0 Å². The standard InChI is InChI=1S/C9H12N2O2/c1-6-8(10)2-3-9(11-6)13-7-4-12-5-7/h2-3,7H,4-5,10H2,1H3. The van der Waals surface area contributed by atoms with Gasteiger partial charge in [-0.3, -0.25) is 0 Å². The van der Waals surface area contributed by atoms with Crippen LogP contribution in [-0.2, 0) is 4.74 Å². The Balaban J connectivity index is 2.07. The molecule has 2 rings (SSSR count). The van der Waals surface area contributed by atoms with Crippen molar-refractivity contribution in [2.24, 2.45) is 0 Å². The third-order valence-corrected chi connectivity index (χ3v) is 2.00. The van der Waals surface area contributed by atoms with Crippen molar-refractivity contribution >= 4 is 5.69 Å². The van der Waals surface area contributed by atoms with Gasteiger partial charge in [0.05, 0.1) is 24.6 Å². The zero-order valence-electron chi connectivity index (χ0n) is 7.49. The fraction of sp³-hybridized carbons (Fsp3) is 0.444. The van der Waals surface area contributed by atoms with Gasteiger partial charge in [0.1, 0.15) is 6.10 Å². The molecule has 0 spiro atoms. The Morgan fingerprint density at radius 1 is 1.54 bits per heavy atom. The van der Waals surface area contributed by atoms with E-state index >= 15 is 0 Å². The number of hydrogen-bond donors (Lipinski definition) is 1. The molecule has 0 atom stereocenters. The number of nitrogen functional groups attached to an aromatic ring is 1. The van der Waals surface area contributed by atoms with E-state index in [0.717, 1.165) is 5.69 Å². The summed E-state index contributed by atoms with van der Waals surface area (Å²) in [7, 11) is 0. The summed E-state index contributed by atoms with van der Waals surface area (Å²) in [5.41, 5.74) is 7.12. The average molecular weight is 180 g/mol. The van der Waals surface area contributed by atoms with Crippen molar-refractivity contribution in [2.75, 3.05) is 18.9 Å². The number of aromatic nitrogens is 1. The molecule has 70 valence electrons. The van der Waals surface area contributed by atoms with Crippen LogP contribution in [0.2, 0.25) is 0 Å². The maximum Gasteiger partial charge on any atom is 0.214 e. The SMILES string of the molecule is Cc1nc(OC2COC2)ccc1N. The molecule has 0 saturated carbocycles. The molecule has 1 aromatic heterocycles. The summed E-state index contributed by atoms with van der Waals surface area (Å²) in [6.07, 6.45) is 0.163. The lowest BCUT2D eigenvalue weighted by Crippen LogP contribution is -2.38. The molecule has 4 nitrogen and oxygen atoms in total. The van der Waals surface area contributed by atoms with E-state index in [0.29, 0.717) is 24.8 Å². The van der Waals surface area contributed by atoms with Crippen LogP contribution in [0.4, 0.5) is 5.69 Å². The Morgan fingerprint density at radius 3 is 2.85 bits per heavy atom. The first-order chi connectivity index (χ1) is 6.25. The number of ether oxygens (including phenoxy) is 2. The summed E-state index contributed by atoms with van der Waals surface area (Å²) in [4.78, 5) is 4.19. The van der Waals surface area contributed by atoms with Crippen LogP contribution in [0.1, 0.15) is 5.69 Å². The van der Waals surface area contributed by atoms with Crippen LogP contribution in [0.15, 0.2) is 12.1 Å². The van der Waals surface area contributed by atoms with Gasteiger partial charge in [0.2, 0.25) is 5.88 Å². The average Bonchev–Trinajstić information content (AvgIpc) is 2.04. The Labute approximate surface area is 76.7 Å². The summed E-state index contributed by atoms with van der Waals surface area (Å²) < 4.78 is 10.5. The van der Waals surface area contributed by atoms with Gasteiger partial charge in [0.25, 0.3) is 0 Å². The fourth-order valence-electron chi connectivity index (χ4n) is 1.07. The van der Waals surface area contributed by atoms with Crippen molar-refractivity contribution in [3.8, 4) is 5.88 Å². The molecule has 0 bridgehead atoms. The van der Waals surface area contributed by atoms with Gasteiger partial charge in [-0.25, -0.2) is 4.98 Å². The third-order valence-electron chi connectivity index (χ3n) is 2.00. The van der Waals surface area contributed by atoms with Crippen LogP contribution in [0, 0.1) is 6.92 Å². The lowest BCUT2D eigenvalue weighted by atomic mass is 10.3. The van der Waals surface area contributed by atoms with Crippen molar-refractivity contribution in [2.45, 2.75) is 13.0 Å². The van der Waals surface area contributed by atoms with Crippen LogP contribution in [0.25, 0.3) is 0 Å². The molecule has 1 saturated heterocycles. The maximum absolute atomic E-state index is 5.62. The minimum Gasteiger partial charge on any atom is -0.469 e. The number of pyridine rings is 1. The van der Waals surface area contributed by atoms with E-state index in [4.69, 9.17) is 15.2 Å². The topological polar surface area (TPSA) is 57.4 Å². The van der Waals surface area contributed by atoms with Crippen molar-refractivity contribution in [3.63, 3.8) is 0 Å². The lowest BCUT2D eigenvalue weighted by molar-refractivity contribution is -0.0813. The fourth-order valence-corrected chi connectivity index (χ4v) is 1.07. The van der Waals surface area contributed by atoms with Gasteiger partial charge in [-0.1, -0.05) is 0 Å². The molecule has 1 fully saturated rings. The maximum atomic E-state index is 5.62. The molecule has 0 aromatic carbocycles. The Kier molecular flexibility index (Phi) is 2.06. The molecule has 4 heteroatoms. The van der Waals surface area contributed by atoms with Crippen LogP contribution < -0.4 is 10.5 Å². The normalized spacial score (nSPS) is 16.7. The summed E-state index contributed by atoms with van der Waals surface area (Å²) in [5.74, 6) is 0.625. The minimum atomic E-state index is 0.163. The first-order valence-electron chi connectivity index (χ1n) is 4.23. The zero-order valence-corrected chi connectivity index (χ0v) is 7.49. The summed E-state index contributed by atoms with van der Waals surface area (Å²) in [5, 5.41) is 0. The van der Waals surface area contributed by atoms with Crippen molar-refractivity contribution in [1.29, 1.82) is 0 Å². The molecule has 13 heavy (non-hydrogen) atoms. The zero-order chi connectivity index (χ0) is 9.26. The molecule has 1 aliphatic rings. The van der Waals surface area contributed by atoms with Crippen LogP contribution in [0.5, 0.6) is 5.88 Å². The molecule has 2 heterocycles. The minimum absolute atomic E-state index is 0.163. The van der Waals surface area contributed by atoms with Crippen molar-refractivity contribution in [1.82, 2.24) is 4.98 Å². The van der Waals surface area contributed by atoms with Crippen LogP contribution in [-0.4, -0.2) is 24.3 Å². The smallest absolute Gasteiger partial charge is 0.214 e. The number of anilines is 1. The predicted molar refractivity (Wildman–Crippen MR) is 48.6 cm³/mol. The Hall–Kier alpha value is -1.29. The molecule has 0 unspecified atom stereocenters. The highest BCUT2D eigenvalue weighted by Gasteiger charge is 2.20. The summed E-state index contributed by atoms with van der Waals surface area (Å²) in [6, 6.07) is 3.58. The van der Waals surface area contributed by atoms with E-state index < -0.39 is 0 Å². The van der Waals surface area contributed by atoms with Gasteiger partial charge in [0.15, 0.2) is 0 Å². The number of nitrogens with two attached hydrogens (primary N) is 1. The largest absolute Gasteiger partial charge is 0.469 e. The highest BCUT2D eigenvalue weighted by atomic mass is 16.6. The highest BCUT2D eigenvalue weighted by Crippen LogP contribution is 2.16. The van der Waals surface area contributed by atoms with E-state index in [2.05, 4.69) is 4.98 Å². The molecular weight excluding hydrogens is 168 g/mol. The molecule has 0 amide bonds. The number of hydrogen-bond acceptors (Lipinski definition) is 4. The highest BCUT2D eigenvalue weighted by molar-refractivity contribution is 5.43. The first-order valence-corrected chi connectivity index (χ1v) is 4.23. The van der Waals surface area contributed by atoms with E-state index in [1.165, 1.54) is 0 Å². The number of aryl methyl sites for hydroxylation is 1. The Bertz CT molecular complexity index is 310. The number of rotatable bonds is 2. The monoisotopic (exact) mass is 180 g/mol. The van der Waals surface area contributed by atoms with Crippen LogP contribution in [0.3, 0.4) is 0 Å². The van der Waals surface area contributed by atoms with Gasteiger partial charge in [0, 0.05) is 6.07 Å². The Morgan fingerprint density at radius 2 is 2.31 bits per heavy atom. The van der Waals surface area contributed by atoms with E-state index in [1.807, 2.05) is 6.92 Å². The molecule has 2 N–H and O–H groups in total. The molecule has 1 aliphatic heterocycles. The van der Waals surface area contributed by atoms with Crippen molar-refractivity contribution in [3.05, 3.63) is 17.8 Å². The van der Waals surface area contributed by atoms with Gasteiger partial charge in [-0.2, -0.15) is 0 Å². The van der Waals surface area contributed by atoms with Gasteiger partial charge in [-0.15, -0.1) is 0 Å². The lowest BCUT2D eigenvalue weighted by Gasteiger charge is -2.26. The molecule has 1 aromatic rings. The summed E-state index contributed by atoms with van der Waals surface area (Å²) >= 11 is 0. The van der Waals surface area contributed by atoms with Gasteiger partial charge >= 0.3 is 0 Å². The second-order valence-electron chi connectivity index (χ2n) is 3.10. The van der Waals surface area contributed by atoms with Crippen molar-refractivity contribution < 1.29 is 9.47 Å². The second kappa shape index (κ2) is 3.22. The molecular formula is C9H12N2O2. The number of nitrogens with zero attached hydrogens (tertiary/aromatic N) is 1.